The SMILES string of the molecule is O=C(Nc1cccc(C(=O)N2CCN(C(=O)c3ccccc3OC(F)F)CC2)c1)NC1CC1. The van der Waals surface area contributed by atoms with Gasteiger partial charge in [0.1, 0.15) is 5.75 Å². The molecule has 1 saturated carbocycles. The predicted octanol–water partition coefficient (Wildman–Crippen LogP) is 3.17. The number of hydrogen-bond donors (Lipinski definition) is 2. The molecule has 1 heterocycles. The Labute approximate surface area is 189 Å². The lowest BCUT2D eigenvalue weighted by Gasteiger charge is -2.35. The number of carbonyl (C=O) groups is 3. The maximum absolute atomic E-state index is 12.9. The van der Waals surface area contributed by atoms with Crippen LogP contribution in [0.1, 0.15) is 33.6 Å². The summed E-state index contributed by atoms with van der Waals surface area (Å²) in [4.78, 5) is 40.8. The fourth-order valence-corrected chi connectivity index (χ4v) is 3.62. The van der Waals surface area contributed by atoms with E-state index in [4.69, 9.17) is 0 Å². The third-order valence-electron chi connectivity index (χ3n) is 5.47. The lowest BCUT2D eigenvalue weighted by atomic mass is 10.1. The third-order valence-corrected chi connectivity index (χ3v) is 5.47. The number of nitrogens with one attached hydrogen (secondary N) is 2. The van der Waals surface area contributed by atoms with Gasteiger partial charge in [0.15, 0.2) is 0 Å². The highest BCUT2D eigenvalue weighted by molar-refractivity contribution is 5.98. The summed E-state index contributed by atoms with van der Waals surface area (Å²) >= 11 is 0. The van der Waals surface area contributed by atoms with E-state index in [1.54, 1.807) is 35.2 Å². The molecule has 0 bridgehead atoms. The van der Waals surface area contributed by atoms with E-state index >= 15 is 0 Å². The van der Waals surface area contributed by atoms with Crippen LogP contribution in [0.15, 0.2) is 48.5 Å². The molecule has 33 heavy (non-hydrogen) atoms. The first-order valence-corrected chi connectivity index (χ1v) is 10.7. The largest absolute Gasteiger partial charge is 0.434 e. The number of ether oxygens (including phenoxy) is 1. The van der Waals surface area contributed by atoms with Crippen molar-refractivity contribution in [3.8, 4) is 5.75 Å². The molecule has 0 spiro atoms. The molecule has 0 unspecified atom stereocenters. The summed E-state index contributed by atoms with van der Waals surface area (Å²) in [6.07, 6.45) is 1.95. The Balaban J connectivity index is 1.35. The first-order valence-electron chi connectivity index (χ1n) is 10.7. The van der Waals surface area contributed by atoms with E-state index in [0.717, 1.165) is 12.8 Å². The van der Waals surface area contributed by atoms with Crippen LogP contribution in [-0.4, -0.2) is 66.5 Å². The van der Waals surface area contributed by atoms with Crippen LogP contribution in [0.5, 0.6) is 5.75 Å². The molecule has 2 aliphatic rings. The standard InChI is InChI=1S/C23H24F2N4O4/c24-22(25)33-19-7-2-1-6-18(19)21(31)29-12-10-28(11-13-29)20(30)15-4-3-5-17(14-15)27-23(32)26-16-8-9-16/h1-7,14,16,22H,8-13H2,(H2,26,27,32). The first-order chi connectivity index (χ1) is 15.9. The van der Waals surface area contributed by atoms with Gasteiger partial charge < -0.3 is 25.2 Å². The first kappa shape index (κ1) is 22.5. The smallest absolute Gasteiger partial charge is 0.387 e. The molecule has 4 rings (SSSR count). The molecule has 4 amide bonds. The van der Waals surface area contributed by atoms with E-state index in [-0.39, 0.29) is 42.4 Å². The number of alkyl halides is 2. The average Bonchev–Trinajstić information content (AvgIpc) is 3.62. The van der Waals surface area contributed by atoms with Gasteiger partial charge in [-0.25, -0.2) is 4.79 Å². The van der Waals surface area contributed by atoms with Crippen molar-refractivity contribution in [2.45, 2.75) is 25.5 Å². The minimum Gasteiger partial charge on any atom is -0.434 e. The maximum Gasteiger partial charge on any atom is 0.387 e. The van der Waals surface area contributed by atoms with E-state index in [2.05, 4.69) is 15.4 Å². The van der Waals surface area contributed by atoms with Crippen molar-refractivity contribution in [2.75, 3.05) is 31.5 Å². The summed E-state index contributed by atoms with van der Waals surface area (Å²) in [5.74, 6) is -0.813. The number of carbonyl (C=O) groups excluding carboxylic acids is 3. The van der Waals surface area contributed by atoms with Crippen LogP contribution in [0.4, 0.5) is 19.3 Å². The van der Waals surface area contributed by atoms with Gasteiger partial charge in [0.05, 0.1) is 5.56 Å². The zero-order chi connectivity index (χ0) is 23.4. The molecule has 1 saturated heterocycles. The van der Waals surface area contributed by atoms with Gasteiger partial charge in [-0.3, -0.25) is 9.59 Å². The number of nitrogens with zero attached hydrogens (tertiary/aromatic N) is 2. The number of anilines is 1. The van der Waals surface area contributed by atoms with Gasteiger partial charge >= 0.3 is 12.6 Å². The second-order valence-electron chi connectivity index (χ2n) is 7.91. The van der Waals surface area contributed by atoms with Crippen molar-refractivity contribution >= 4 is 23.5 Å². The Morgan fingerprint density at radius 3 is 2.24 bits per heavy atom. The zero-order valence-corrected chi connectivity index (χ0v) is 17.8. The van der Waals surface area contributed by atoms with Crippen molar-refractivity contribution in [1.82, 2.24) is 15.1 Å². The van der Waals surface area contributed by atoms with Gasteiger partial charge in [0.25, 0.3) is 11.8 Å². The molecule has 174 valence electrons. The van der Waals surface area contributed by atoms with Crippen LogP contribution >= 0.6 is 0 Å². The van der Waals surface area contributed by atoms with E-state index < -0.39 is 12.5 Å². The molecule has 1 aliphatic carbocycles. The summed E-state index contributed by atoms with van der Waals surface area (Å²) in [6, 6.07) is 12.5. The zero-order valence-electron chi connectivity index (χ0n) is 17.8. The van der Waals surface area contributed by atoms with Crippen molar-refractivity contribution in [3.63, 3.8) is 0 Å². The molecule has 0 radical (unpaired) electrons. The topological polar surface area (TPSA) is 91.0 Å². The van der Waals surface area contributed by atoms with E-state index in [1.165, 1.54) is 23.1 Å². The summed E-state index contributed by atoms with van der Waals surface area (Å²) < 4.78 is 29.8. The number of benzene rings is 2. The molecule has 1 aliphatic heterocycles. The molecule has 2 aromatic rings. The van der Waals surface area contributed by atoms with Gasteiger partial charge in [-0.05, 0) is 43.2 Å². The monoisotopic (exact) mass is 458 g/mol. The average molecular weight is 458 g/mol. The van der Waals surface area contributed by atoms with Crippen molar-refractivity contribution in [2.24, 2.45) is 0 Å². The number of hydrogen-bond acceptors (Lipinski definition) is 4. The quantitative estimate of drug-likeness (QED) is 0.696. The number of urea groups is 1. The van der Waals surface area contributed by atoms with Gasteiger partial charge in [0.2, 0.25) is 0 Å². The summed E-state index contributed by atoms with van der Waals surface area (Å²) in [7, 11) is 0. The van der Waals surface area contributed by atoms with Crippen LogP contribution < -0.4 is 15.4 Å². The highest BCUT2D eigenvalue weighted by atomic mass is 19.3. The Bertz CT molecular complexity index is 1040. The number of amides is 4. The van der Waals surface area contributed by atoms with Crippen LogP contribution in [-0.2, 0) is 0 Å². The molecular weight excluding hydrogens is 434 g/mol. The second kappa shape index (κ2) is 9.85. The fraction of sp³-hybridized carbons (Fsp3) is 0.348. The Morgan fingerprint density at radius 1 is 0.909 bits per heavy atom. The van der Waals surface area contributed by atoms with Gasteiger partial charge in [-0.1, -0.05) is 18.2 Å². The van der Waals surface area contributed by atoms with Crippen LogP contribution in [0.2, 0.25) is 0 Å². The Kier molecular flexibility index (Phi) is 6.71. The summed E-state index contributed by atoms with van der Waals surface area (Å²) in [5, 5.41) is 5.56. The Morgan fingerprint density at radius 2 is 1.58 bits per heavy atom. The maximum atomic E-state index is 12.9. The van der Waals surface area contributed by atoms with Crippen LogP contribution in [0.25, 0.3) is 0 Å². The molecule has 0 atom stereocenters. The lowest BCUT2D eigenvalue weighted by Crippen LogP contribution is -2.50. The molecule has 2 aromatic carbocycles. The number of halogens is 2. The molecule has 8 nitrogen and oxygen atoms in total. The number of para-hydroxylation sites is 1. The highest BCUT2D eigenvalue weighted by Crippen LogP contribution is 2.23. The minimum absolute atomic E-state index is 0.0563. The molecule has 0 aromatic heterocycles. The second-order valence-corrected chi connectivity index (χ2v) is 7.91. The number of piperazine rings is 1. The molecule has 10 heteroatoms. The van der Waals surface area contributed by atoms with E-state index in [0.29, 0.717) is 24.3 Å². The van der Waals surface area contributed by atoms with Gasteiger partial charge in [0, 0.05) is 43.5 Å². The predicted molar refractivity (Wildman–Crippen MR) is 116 cm³/mol. The van der Waals surface area contributed by atoms with Crippen LogP contribution in [0.3, 0.4) is 0 Å². The fourth-order valence-electron chi connectivity index (χ4n) is 3.62. The van der Waals surface area contributed by atoms with E-state index in [9.17, 15) is 23.2 Å². The van der Waals surface area contributed by atoms with Gasteiger partial charge in [-0.15, -0.1) is 0 Å². The summed E-state index contributed by atoms with van der Waals surface area (Å²) in [5.41, 5.74) is 0.999. The van der Waals surface area contributed by atoms with Gasteiger partial charge in [-0.2, -0.15) is 8.78 Å². The lowest BCUT2D eigenvalue weighted by molar-refractivity contribution is -0.0503. The van der Waals surface area contributed by atoms with Crippen molar-refractivity contribution < 1.29 is 27.9 Å². The van der Waals surface area contributed by atoms with Crippen molar-refractivity contribution in [3.05, 3.63) is 59.7 Å². The van der Waals surface area contributed by atoms with Crippen LogP contribution in [0, 0.1) is 0 Å². The molecule has 2 N–H and O–H groups in total. The summed E-state index contributed by atoms with van der Waals surface area (Å²) in [6.45, 7) is -1.92. The Hall–Kier alpha value is -3.69. The molecular formula is C23H24F2N4O4. The normalized spacial score (nSPS) is 15.8. The number of rotatable bonds is 6. The highest BCUT2D eigenvalue weighted by Gasteiger charge is 2.28. The molecule has 2 fully saturated rings. The van der Waals surface area contributed by atoms with Crippen molar-refractivity contribution in [1.29, 1.82) is 0 Å². The van der Waals surface area contributed by atoms with E-state index in [1.807, 2.05) is 0 Å². The minimum atomic E-state index is -3.03. The third kappa shape index (κ3) is 5.76.